The Kier molecular flexibility index (Phi) is 7.65. The second kappa shape index (κ2) is 10.6. The van der Waals surface area contributed by atoms with Crippen molar-refractivity contribution in [3.8, 4) is 0 Å². The molecule has 1 heterocycles. The molecule has 0 spiro atoms. The number of fused-ring (bicyclic) bond motifs is 1. The zero-order valence-electron chi connectivity index (χ0n) is 19.7. The van der Waals surface area contributed by atoms with E-state index in [1.165, 1.54) is 70.9 Å². The maximum absolute atomic E-state index is 4.82. The van der Waals surface area contributed by atoms with Crippen LogP contribution in [0.4, 0.5) is 11.8 Å². The van der Waals surface area contributed by atoms with Crippen LogP contribution in [0.5, 0.6) is 0 Å². The van der Waals surface area contributed by atoms with Crippen LogP contribution in [-0.2, 0) is 0 Å². The minimum Gasteiger partial charge on any atom is -0.362 e. The van der Waals surface area contributed by atoms with Crippen molar-refractivity contribution < 1.29 is 0 Å². The van der Waals surface area contributed by atoms with Gasteiger partial charge < -0.3 is 15.5 Å². The first-order valence-electron chi connectivity index (χ1n) is 12.5. The predicted octanol–water partition coefficient (Wildman–Crippen LogP) is 5.47. The normalized spacial score (nSPS) is 23.6. The largest absolute Gasteiger partial charge is 0.362 e. The van der Waals surface area contributed by atoms with Gasteiger partial charge in [-0.3, -0.25) is 0 Å². The van der Waals surface area contributed by atoms with Crippen molar-refractivity contribution in [2.75, 3.05) is 37.4 Å². The molecule has 2 fully saturated rings. The van der Waals surface area contributed by atoms with Gasteiger partial charge in [0, 0.05) is 25.5 Å². The van der Waals surface area contributed by atoms with Crippen LogP contribution in [0.1, 0.15) is 64.7 Å². The average Bonchev–Trinajstić information content (AvgIpc) is 2.80. The van der Waals surface area contributed by atoms with Gasteiger partial charge in [-0.15, -0.1) is 0 Å². The number of nitrogens with zero attached hydrogens (tertiary/aromatic N) is 3. The SMILES string of the molecule is CC(CNCC1CCC(Nc2nc(N(C)C)c3ccccc3n2)CC1)C1CCCCC1. The van der Waals surface area contributed by atoms with E-state index in [4.69, 9.17) is 9.97 Å². The van der Waals surface area contributed by atoms with Crippen molar-refractivity contribution >= 4 is 22.7 Å². The molecule has 1 aromatic carbocycles. The molecule has 5 nitrogen and oxygen atoms in total. The van der Waals surface area contributed by atoms with Crippen molar-refractivity contribution in [1.29, 1.82) is 0 Å². The second-order valence-corrected chi connectivity index (χ2v) is 10.2. The summed E-state index contributed by atoms with van der Waals surface area (Å²) < 4.78 is 0. The second-order valence-electron chi connectivity index (χ2n) is 10.2. The van der Waals surface area contributed by atoms with Crippen LogP contribution in [0.25, 0.3) is 10.9 Å². The third-order valence-electron chi connectivity index (χ3n) is 7.54. The summed E-state index contributed by atoms with van der Waals surface area (Å²) in [6.07, 6.45) is 12.2. The van der Waals surface area contributed by atoms with Crippen LogP contribution >= 0.6 is 0 Å². The fraction of sp³-hybridized carbons (Fsp3) is 0.692. The summed E-state index contributed by atoms with van der Waals surface area (Å²) in [4.78, 5) is 11.7. The summed E-state index contributed by atoms with van der Waals surface area (Å²) in [6.45, 7) is 4.83. The zero-order chi connectivity index (χ0) is 21.6. The Hall–Kier alpha value is -1.88. The molecule has 2 saturated carbocycles. The average molecular weight is 424 g/mol. The van der Waals surface area contributed by atoms with E-state index in [1.807, 2.05) is 20.2 Å². The zero-order valence-corrected chi connectivity index (χ0v) is 19.7. The molecule has 1 unspecified atom stereocenters. The van der Waals surface area contributed by atoms with Gasteiger partial charge in [0.2, 0.25) is 5.95 Å². The van der Waals surface area contributed by atoms with E-state index in [2.05, 4.69) is 40.7 Å². The number of nitrogens with one attached hydrogen (secondary N) is 2. The molecule has 170 valence electrons. The Bertz CT molecular complexity index is 822. The lowest BCUT2D eigenvalue weighted by atomic mass is 9.80. The quantitative estimate of drug-likeness (QED) is 0.589. The van der Waals surface area contributed by atoms with Crippen molar-refractivity contribution in [2.45, 2.75) is 70.8 Å². The van der Waals surface area contributed by atoms with Crippen LogP contribution in [0, 0.1) is 17.8 Å². The van der Waals surface area contributed by atoms with Crippen molar-refractivity contribution in [3.05, 3.63) is 24.3 Å². The van der Waals surface area contributed by atoms with Gasteiger partial charge in [0.25, 0.3) is 0 Å². The Balaban J connectivity index is 1.24. The van der Waals surface area contributed by atoms with Crippen molar-refractivity contribution in [3.63, 3.8) is 0 Å². The van der Waals surface area contributed by atoms with Gasteiger partial charge in [0.1, 0.15) is 5.82 Å². The molecule has 0 bridgehead atoms. The standard InChI is InChI=1S/C26H41N5/c1-19(21-9-5-4-6-10-21)17-27-18-20-13-15-22(16-14-20)28-26-29-24-12-8-7-11-23(24)25(30-26)31(2)3/h7-8,11-12,19-22,27H,4-6,9-10,13-18H2,1-3H3,(H,28,29,30). The maximum atomic E-state index is 4.82. The van der Waals surface area contributed by atoms with Crippen molar-refractivity contribution in [1.82, 2.24) is 15.3 Å². The summed E-state index contributed by atoms with van der Waals surface area (Å²) in [5.41, 5.74) is 1.01. The van der Waals surface area contributed by atoms with E-state index in [9.17, 15) is 0 Å². The number of para-hydroxylation sites is 1. The van der Waals surface area contributed by atoms with Gasteiger partial charge in [-0.1, -0.05) is 51.2 Å². The molecule has 1 aromatic heterocycles. The first kappa shape index (κ1) is 22.3. The fourth-order valence-electron chi connectivity index (χ4n) is 5.54. The Labute approximate surface area is 188 Å². The fourth-order valence-corrected chi connectivity index (χ4v) is 5.54. The highest BCUT2D eigenvalue weighted by Gasteiger charge is 2.23. The van der Waals surface area contributed by atoms with Crippen molar-refractivity contribution in [2.24, 2.45) is 17.8 Å². The number of benzene rings is 1. The molecule has 0 amide bonds. The van der Waals surface area contributed by atoms with E-state index in [0.717, 1.165) is 40.4 Å². The van der Waals surface area contributed by atoms with Gasteiger partial charge >= 0.3 is 0 Å². The van der Waals surface area contributed by atoms with E-state index >= 15 is 0 Å². The summed E-state index contributed by atoms with van der Waals surface area (Å²) in [6, 6.07) is 8.75. The molecule has 0 aliphatic heterocycles. The van der Waals surface area contributed by atoms with E-state index in [0.29, 0.717) is 6.04 Å². The third kappa shape index (κ3) is 5.88. The Morgan fingerprint density at radius 1 is 0.968 bits per heavy atom. The number of hydrogen-bond acceptors (Lipinski definition) is 5. The smallest absolute Gasteiger partial charge is 0.225 e. The lowest BCUT2D eigenvalue weighted by Crippen LogP contribution is -2.34. The number of rotatable bonds is 8. The number of hydrogen-bond donors (Lipinski definition) is 2. The van der Waals surface area contributed by atoms with Gasteiger partial charge in [-0.2, -0.15) is 4.98 Å². The molecule has 0 saturated heterocycles. The van der Waals surface area contributed by atoms with Gasteiger partial charge in [-0.25, -0.2) is 4.98 Å². The highest BCUT2D eigenvalue weighted by molar-refractivity contribution is 5.90. The molecule has 4 rings (SSSR count). The molecular weight excluding hydrogens is 382 g/mol. The molecule has 31 heavy (non-hydrogen) atoms. The topological polar surface area (TPSA) is 53.1 Å². The lowest BCUT2D eigenvalue weighted by molar-refractivity contribution is 0.247. The Morgan fingerprint density at radius 3 is 2.45 bits per heavy atom. The van der Waals surface area contributed by atoms with E-state index in [-0.39, 0.29) is 0 Å². The van der Waals surface area contributed by atoms with Crippen LogP contribution in [-0.4, -0.2) is 43.2 Å². The monoisotopic (exact) mass is 423 g/mol. The molecule has 2 N–H and O–H groups in total. The van der Waals surface area contributed by atoms with Crippen LogP contribution < -0.4 is 15.5 Å². The van der Waals surface area contributed by atoms with Gasteiger partial charge in [-0.05, 0) is 68.7 Å². The van der Waals surface area contributed by atoms with E-state index in [1.54, 1.807) is 0 Å². The highest BCUT2D eigenvalue weighted by Crippen LogP contribution is 2.30. The van der Waals surface area contributed by atoms with Crippen LogP contribution in [0.3, 0.4) is 0 Å². The molecule has 2 aliphatic carbocycles. The molecule has 5 heteroatoms. The third-order valence-corrected chi connectivity index (χ3v) is 7.54. The Morgan fingerprint density at radius 2 is 1.71 bits per heavy atom. The number of aromatic nitrogens is 2. The molecule has 2 aliphatic rings. The highest BCUT2D eigenvalue weighted by atomic mass is 15.2. The van der Waals surface area contributed by atoms with Crippen LogP contribution in [0.2, 0.25) is 0 Å². The summed E-state index contributed by atoms with van der Waals surface area (Å²) in [5, 5.41) is 8.55. The minimum atomic E-state index is 0.480. The molecule has 2 aromatic rings. The maximum Gasteiger partial charge on any atom is 0.225 e. The van der Waals surface area contributed by atoms with Gasteiger partial charge in [0.15, 0.2) is 0 Å². The summed E-state index contributed by atoms with van der Waals surface area (Å²) >= 11 is 0. The molecular formula is C26H41N5. The lowest BCUT2D eigenvalue weighted by Gasteiger charge is -2.31. The predicted molar refractivity (Wildman–Crippen MR) is 132 cm³/mol. The molecule has 1 atom stereocenters. The minimum absolute atomic E-state index is 0.480. The first-order valence-corrected chi connectivity index (χ1v) is 12.5. The van der Waals surface area contributed by atoms with Gasteiger partial charge in [0.05, 0.1) is 5.52 Å². The number of anilines is 2. The summed E-state index contributed by atoms with van der Waals surface area (Å²) in [7, 11) is 4.10. The molecule has 0 radical (unpaired) electrons. The van der Waals surface area contributed by atoms with E-state index < -0.39 is 0 Å². The summed E-state index contributed by atoms with van der Waals surface area (Å²) in [5.74, 6) is 4.35. The first-order chi connectivity index (χ1) is 15.1. The van der Waals surface area contributed by atoms with Crippen LogP contribution in [0.15, 0.2) is 24.3 Å².